The lowest BCUT2D eigenvalue weighted by atomic mass is 9.90. The fraction of sp³-hybridized carbons (Fsp3) is 0. The molecule has 0 saturated heterocycles. The van der Waals surface area contributed by atoms with Crippen LogP contribution >= 0.6 is 0 Å². The number of hydrogen-bond acceptors (Lipinski definition) is 4. The number of fused-ring (bicyclic) bond motifs is 12. The molecule has 0 fully saturated rings. The van der Waals surface area contributed by atoms with Crippen LogP contribution in [0.5, 0.6) is 0 Å². The average Bonchev–Trinajstić information content (AvgIpc) is 3.81. The maximum atomic E-state index is 6.65. The number of pyridine rings is 1. The average molecular weight is 878 g/mol. The second-order valence-corrected chi connectivity index (χ2v) is 17.9. The molecule has 3 heterocycles. The first-order valence-electron chi connectivity index (χ1n) is 23.4. The van der Waals surface area contributed by atoms with Gasteiger partial charge in [-0.15, -0.1) is 0 Å². The van der Waals surface area contributed by atoms with Crippen LogP contribution < -0.4 is 0 Å². The van der Waals surface area contributed by atoms with Crippen molar-refractivity contribution in [3.8, 4) is 67.2 Å². The smallest absolute Gasteiger partial charge is 0.136 e. The van der Waals surface area contributed by atoms with Crippen LogP contribution in [0.3, 0.4) is 0 Å². The third-order valence-electron chi connectivity index (χ3n) is 13.8. The van der Waals surface area contributed by atoms with Gasteiger partial charge in [0.25, 0.3) is 0 Å². The van der Waals surface area contributed by atoms with Gasteiger partial charge in [0, 0.05) is 38.2 Å². The van der Waals surface area contributed by atoms with E-state index in [1.807, 2.05) is 12.3 Å². The van der Waals surface area contributed by atoms with Crippen molar-refractivity contribution in [1.82, 2.24) is 15.0 Å². The molecule has 3 aromatic heterocycles. The highest BCUT2D eigenvalue weighted by atomic mass is 16.3. The molecule has 4 heteroatoms. The molecule has 0 amide bonds. The van der Waals surface area contributed by atoms with E-state index in [0.717, 1.165) is 116 Å². The Morgan fingerprint density at radius 1 is 0.275 bits per heavy atom. The molecule has 4 nitrogen and oxygen atoms in total. The van der Waals surface area contributed by atoms with Gasteiger partial charge < -0.3 is 4.42 Å². The summed E-state index contributed by atoms with van der Waals surface area (Å²) < 4.78 is 6.65. The minimum Gasteiger partial charge on any atom is -0.456 e. The Labute approximate surface area is 397 Å². The Morgan fingerprint density at radius 2 is 0.841 bits per heavy atom. The third-order valence-corrected chi connectivity index (χ3v) is 13.8. The molecule has 0 saturated carbocycles. The van der Waals surface area contributed by atoms with E-state index in [2.05, 4.69) is 224 Å². The fourth-order valence-corrected chi connectivity index (χ4v) is 10.6. The zero-order chi connectivity index (χ0) is 45.4. The summed E-state index contributed by atoms with van der Waals surface area (Å²) in [5, 5.41) is 11.5. The number of furan rings is 1. The highest BCUT2D eigenvalue weighted by Gasteiger charge is 2.20. The molecule has 0 bridgehead atoms. The summed E-state index contributed by atoms with van der Waals surface area (Å²) >= 11 is 0. The van der Waals surface area contributed by atoms with Gasteiger partial charge in [-0.2, -0.15) is 0 Å². The molecule has 11 aromatic carbocycles. The van der Waals surface area contributed by atoms with Gasteiger partial charge in [0.1, 0.15) is 11.2 Å². The minimum absolute atomic E-state index is 0.792. The summed E-state index contributed by atoms with van der Waals surface area (Å²) in [6.45, 7) is 0. The minimum atomic E-state index is 0.792. The summed E-state index contributed by atoms with van der Waals surface area (Å²) in [4.78, 5) is 16.3. The number of benzene rings is 11. The Morgan fingerprint density at radius 3 is 1.58 bits per heavy atom. The predicted octanol–water partition coefficient (Wildman–Crippen LogP) is 17.5. The highest BCUT2D eigenvalue weighted by Crippen LogP contribution is 2.43. The van der Waals surface area contributed by atoms with Crippen LogP contribution in [-0.2, 0) is 0 Å². The topological polar surface area (TPSA) is 51.8 Å². The van der Waals surface area contributed by atoms with Crippen LogP contribution in [-0.4, -0.2) is 15.0 Å². The number of aromatic nitrogens is 3. The molecule has 0 spiro atoms. The van der Waals surface area contributed by atoms with Crippen LogP contribution in [0.4, 0.5) is 0 Å². The number of rotatable bonds is 6. The van der Waals surface area contributed by atoms with Crippen LogP contribution in [0.15, 0.2) is 241 Å². The van der Waals surface area contributed by atoms with Crippen molar-refractivity contribution in [1.29, 1.82) is 0 Å². The van der Waals surface area contributed by atoms with E-state index in [0.29, 0.717) is 0 Å². The number of nitrogens with zero attached hydrogens (tertiary/aromatic N) is 3. The van der Waals surface area contributed by atoms with E-state index in [4.69, 9.17) is 19.4 Å². The third kappa shape index (κ3) is 6.49. The van der Waals surface area contributed by atoms with Gasteiger partial charge in [-0.25, -0.2) is 9.97 Å². The van der Waals surface area contributed by atoms with Crippen molar-refractivity contribution in [3.05, 3.63) is 237 Å². The number of hydrogen-bond donors (Lipinski definition) is 0. The van der Waals surface area contributed by atoms with Gasteiger partial charge in [-0.1, -0.05) is 176 Å². The zero-order valence-corrected chi connectivity index (χ0v) is 37.3. The van der Waals surface area contributed by atoms with Crippen molar-refractivity contribution in [3.63, 3.8) is 0 Å². The van der Waals surface area contributed by atoms with Crippen molar-refractivity contribution >= 4 is 76.1 Å². The van der Waals surface area contributed by atoms with E-state index < -0.39 is 0 Å². The second-order valence-electron chi connectivity index (χ2n) is 17.9. The monoisotopic (exact) mass is 877 g/mol. The van der Waals surface area contributed by atoms with Crippen molar-refractivity contribution in [2.45, 2.75) is 0 Å². The second kappa shape index (κ2) is 15.7. The van der Waals surface area contributed by atoms with E-state index >= 15 is 0 Å². The predicted molar refractivity (Wildman–Crippen MR) is 287 cm³/mol. The Kier molecular flexibility index (Phi) is 8.86. The molecule has 0 atom stereocenters. The quantitative estimate of drug-likeness (QED) is 0.156. The van der Waals surface area contributed by atoms with E-state index in [1.54, 1.807) is 0 Å². The first-order chi connectivity index (χ1) is 34.2. The SMILES string of the molecule is c1ccc(-c2ccc3c(c2)oc2cccc(-c4cc(-c5ccccc5)nc(-c5cc(-c6cnc7c8ccccc8c8ccccc8c7n6)cc(-c6cc7ccccc7c7ccccc67)c5)c4)c23)cc1. The zero-order valence-electron chi connectivity index (χ0n) is 37.3. The van der Waals surface area contributed by atoms with Gasteiger partial charge in [-0.3, -0.25) is 4.98 Å². The molecule has 0 aliphatic carbocycles. The lowest BCUT2D eigenvalue weighted by Gasteiger charge is -2.16. The van der Waals surface area contributed by atoms with Gasteiger partial charge in [0.15, 0.2) is 0 Å². The van der Waals surface area contributed by atoms with E-state index in [1.165, 1.54) is 26.9 Å². The summed E-state index contributed by atoms with van der Waals surface area (Å²) in [6.07, 6.45) is 1.94. The van der Waals surface area contributed by atoms with Gasteiger partial charge in [0.05, 0.1) is 34.3 Å². The molecule has 69 heavy (non-hydrogen) atoms. The van der Waals surface area contributed by atoms with Gasteiger partial charge >= 0.3 is 0 Å². The van der Waals surface area contributed by atoms with Crippen LogP contribution in [0.1, 0.15) is 0 Å². The molecular weight excluding hydrogens is 839 g/mol. The van der Waals surface area contributed by atoms with E-state index in [-0.39, 0.29) is 0 Å². The summed E-state index contributed by atoms with van der Waals surface area (Å²) in [7, 11) is 0. The van der Waals surface area contributed by atoms with Crippen molar-refractivity contribution in [2.24, 2.45) is 0 Å². The normalized spacial score (nSPS) is 11.8. The lowest BCUT2D eigenvalue weighted by molar-refractivity contribution is 0.669. The lowest BCUT2D eigenvalue weighted by Crippen LogP contribution is -1.95. The van der Waals surface area contributed by atoms with Crippen molar-refractivity contribution in [2.75, 3.05) is 0 Å². The summed E-state index contributed by atoms with van der Waals surface area (Å²) in [5.74, 6) is 0. The first-order valence-corrected chi connectivity index (χ1v) is 23.4. The molecule has 0 N–H and O–H groups in total. The molecular formula is C65H39N3O. The van der Waals surface area contributed by atoms with E-state index in [9.17, 15) is 0 Å². The molecule has 0 aliphatic rings. The highest BCUT2D eigenvalue weighted by molar-refractivity contribution is 6.23. The molecule has 0 aliphatic heterocycles. The first kappa shape index (κ1) is 39.0. The molecule has 14 rings (SSSR count). The molecule has 320 valence electrons. The Hall–Kier alpha value is -9.25. The van der Waals surface area contributed by atoms with Gasteiger partial charge in [-0.05, 0) is 120 Å². The van der Waals surface area contributed by atoms with Crippen LogP contribution in [0, 0.1) is 0 Å². The molecule has 0 radical (unpaired) electrons. The largest absolute Gasteiger partial charge is 0.456 e. The van der Waals surface area contributed by atoms with Crippen molar-refractivity contribution < 1.29 is 4.42 Å². The Bertz CT molecular complexity index is 4330. The maximum absolute atomic E-state index is 6.65. The standard InChI is InChI=1S/C65H39N3O/c1-3-16-40(17-4-1)42-30-31-56-62(38-42)69-61-29-15-28-49(63(56)61)45-36-58(41-18-5-2-6-19-41)67-59(37-45)46-32-44(57-35-43-20-7-8-21-48(43)50-22-9-10-25-53(50)57)33-47(34-46)60-39-66-64-54-26-13-11-23-51(54)52-24-12-14-27-55(52)65(64)68-60/h1-39H. The maximum Gasteiger partial charge on any atom is 0.136 e. The van der Waals surface area contributed by atoms with Gasteiger partial charge in [0.2, 0.25) is 0 Å². The fourth-order valence-electron chi connectivity index (χ4n) is 10.6. The summed E-state index contributed by atoms with van der Waals surface area (Å²) in [5.41, 5.74) is 15.6. The molecule has 0 unspecified atom stereocenters. The van der Waals surface area contributed by atoms with Crippen LogP contribution in [0.25, 0.3) is 143 Å². The van der Waals surface area contributed by atoms with Crippen LogP contribution in [0.2, 0.25) is 0 Å². The summed E-state index contributed by atoms with van der Waals surface area (Å²) in [6, 6.07) is 81.9. The Balaban J connectivity index is 1.03. The molecule has 14 aromatic rings.